The molecule has 0 saturated carbocycles. The first-order valence-corrected chi connectivity index (χ1v) is 31.3. The van der Waals surface area contributed by atoms with E-state index in [0.717, 1.165) is 57.6 Å². The van der Waals surface area contributed by atoms with Gasteiger partial charge in [-0.05, 0) is 172 Å². The number of fused-ring (bicyclic) bond motifs is 6. The van der Waals surface area contributed by atoms with Crippen LogP contribution in [0.25, 0.3) is 44.5 Å². The molecule has 3 nitrogen and oxygen atoms in total. The summed E-state index contributed by atoms with van der Waals surface area (Å²) in [4.78, 5) is 7.91. The van der Waals surface area contributed by atoms with E-state index in [1.807, 2.05) is 0 Å². The van der Waals surface area contributed by atoms with Crippen molar-refractivity contribution in [2.45, 2.75) is 117 Å². The maximum atomic E-state index is 2.65. The third-order valence-corrected chi connectivity index (χ3v) is 18.7. The largest absolute Gasteiger partial charge is 0.306 e. The summed E-state index contributed by atoms with van der Waals surface area (Å²) in [6, 6.07) is 93.3. The van der Waals surface area contributed by atoms with Crippen LogP contribution in [-0.2, 0) is 28.1 Å². The van der Waals surface area contributed by atoms with Gasteiger partial charge in [-0.15, -0.1) is 0 Å². The van der Waals surface area contributed by atoms with Crippen molar-refractivity contribution in [3.8, 4) is 44.5 Å². The SMILES string of the molecule is CC(C)(C)c1ccc(-c2ccc3c(c2)N2c4cc(-c5ccc(C(C)(C)C)cc5)ccc4N(c4ccc(C(C)(C)C)cc4-c4ccccc4)c4cc(C5c6ccccc6Cc6ccccc65)cc(c42)N3c2ccc(C(C)(C)C)cc2-c2ccccc2)cc1. The Kier molecular flexibility index (Phi) is 13.3. The van der Waals surface area contributed by atoms with Crippen molar-refractivity contribution < 1.29 is 0 Å². The Morgan fingerprint density at radius 2 is 0.609 bits per heavy atom. The van der Waals surface area contributed by atoms with Crippen molar-refractivity contribution in [1.29, 1.82) is 0 Å². The van der Waals surface area contributed by atoms with Crippen LogP contribution in [0, 0.1) is 0 Å². The highest BCUT2D eigenvalue weighted by atomic mass is 15.3. The Hall–Kier alpha value is -9.18. The predicted molar refractivity (Wildman–Crippen MR) is 371 cm³/mol. The first-order chi connectivity index (χ1) is 41.7. The van der Waals surface area contributed by atoms with Gasteiger partial charge in [0, 0.05) is 17.0 Å². The number of nitrogens with zero attached hydrogens (tertiary/aromatic N) is 3. The van der Waals surface area contributed by atoms with Gasteiger partial charge in [-0.2, -0.15) is 0 Å². The summed E-state index contributed by atoms with van der Waals surface area (Å²) in [5, 5.41) is 0. The van der Waals surface area contributed by atoms with Crippen LogP contribution in [0.2, 0.25) is 0 Å². The van der Waals surface area contributed by atoms with Gasteiger partial charge < -0.3 is 14.7 Å². The molecular formula is C84H79N3. The minimum absolute atomic E-state index is 0.0240. The summed E-state index contributed by atoms with van der Waals surface area (Å²) in [6.45, 7) is 27.8. The van der Waals surface area contributed by atoms with Gasteiger partial charge in [0.1, 0.15) is 0 Å². The van der Waals surface area contributed by atoms with E-state index < -0.39 is 0 Å². The second kappa shape index (κ2) is 20.8. The van der Waals surface area contributed by atoms with Crippen LogP contribution >= 0.6 is 0 Å². The molecule has 0 atom stereocenters. The van der Waals surface area contributed by atoms with Crippen molar-refractivity contribution >= 4 is 51.2 Å². The Balaban J connectivity index is 1.14. The second-order valence-electron chi connectivity index (χ2n) is 28.7. The first-order valence-electron chi connectivity index (χ1n) is 31.3. The second-order valence-corrected chi connectivity index (χ2v) is 28.7. The van der Waals surface area contributed by atoms with Crippen LogP contribution in [0.5, 0.6) is 0 Å². The summed E-state index contributed by atoms with van der Waals surface area (Å²) in [5.74, 6) is -0.0433. The molecule has 3 aliphatic rings. The normalized spacial score (nSPS) is 13.8. The molecule has 11 aromatic carbocycles. The molecule has 14 rings (SSSR count). The smallest absolute Gasteiger partial charge is 0.0948 e. The van der Waals surface area contributed by atoms with E-state index in [-0.39, 0.29) is 27.6 Å². The fourth-order valence-electron chi connectivity index (χ4n) is 13.8. The summed E-state index contributed by atoms with van der Waals surface area (Å²) in [5.41, 5.74) is 31.3. The van der Waals surface area contributed by atoms with Gasteiger partial charge in [0.05, 0.1) is 51.2 Å². The van der Waals surface area contributed by atoms with E-state index in [1.54, 1.807) is 0 Å². The van der Waals surface area contributed by atoms with Crippen molar-refractivity contribution in [3.63, 3.8) is 0 Å². The summed E-state index contributed by atoms with van der Waals surface area (Å²) >= 11 is 0. The van der Waals surface area contributed by atoms with Crippen molar-refractivity contribution in [2.75, 3.05) is 14.7 Å². The number of anilines is 9. The minimum Gasteiger partial charge on any atom is -0.306 e. The quantitative estimate of drug-likeness (QED) is 0.157. The van der Waals surface area contributed by atoms with Gasteiger partial charge in [-0.3, -0.25) is 0 Å². The zero-order chi connectivity index (χ0) is 60.3. The summed E-state index contributed by atoms with van der Waals surface area (Å²) < 4.78 is 0. The van der Waals surface area contributed by atoms with Crippen LogP contribution in [0.4, 0.5) is 51.2 Å². The highest BCUT2D eigenvalue weighted by molar-refractivity contribution is 6.15. The Morgan fingerprint density at radius 1 is 0.264 bits per heavy atom. The van der Waals surface area contributed by atoms with Crippen LogP contribution < -0.4 is 14.7 Å². The topological polar surface area (TPSA) is 9.72 Å². The standard InChI is InChI=1S/C84H79N3/c1-81(2,3)63-37-31-54(32-38-63)58-35-43-73-75(48-58)87-76-49-59(55-33-39-64(40-34-55)82(4,5)6)36-44-74(76)86(72-46-42-66(84(10,11)12)53-70(72)57-25-17-14-18-26-57)78-51-62(79-67-29-21-19-27-60(67)47-61-28-20-22-30-68(61)79)50-77(80(78)87)85(73)71-45-41-65(83(7,8)9)52-69(71)56-23-15-13-16-24-56/h13-46,48-53,79H,47H2,1-12H3. The highest BCUT2D eigenvalue weighted by Gasteiger charge is 2.43. The van der Waals surface area contributed by atoms with Crippen LogP contribution in [0.3, 0.4) is 0 Å². The van der Waals surface area contributed by atoms with E-state index in [0.29, 0.717) is 0 Å². The lowest BCUT2D eigenvalue weighted by Crippen LogP contribution is -2.31. The van der Waals surface area contributed by atoms with E-state index in [1.165, 1.54) is 94.6 Å². The zero-order valence-electron chi connectivity index (χ0n) is 52.7. The average molecular weight is 1130 g/mol. The molecule has 3 heteroatoms. The highest BCUT2D eigenvalue weighted by Crippen LogP contribution is 2.66. The lowest BCUT2D eigenvalue weighted by molar-refractivity contribution is 0.590. The fraction of sp³-hybridized carbons (Fsp3) is 0.214. The van der Waals surface area contributed by atoms with E-state index in [2.05, 4.69) is 340 Å². The summed E-state index contributed by atoms with van der Waals surface area (Å²) in [6.07, 6.45) is 0.900. The Labute approximate surface area is 517 Å². The maximum Gasteiger partial charge on any atom is 0.0948 e. The molecule has 2 heterocycles. The lowest BCUT2D eigenvalue weighted by atomic mass is 9.74. The first kappa shape index (κ1) is 55.7. The fourth-order valence-corrected chi connectivity index (χ4v) is 13.8. The van der Waals surface area contributed by atoms with Crippen molar-refractivity contribution in [2.24, 2.45) is 0 Å². The molecule has 0 fully saturated rings. The van der Waals surface area contributed by atoms with Crippen molar-refractivity contribution in [3.05, 3.63) is 293 Å². The average Bonchev–Trinajstić information content (AvgIpc) is 0.732. The third-order valence-electron chi connectivity index (χ3n) is 18.7. The Bertz CT molecular complexity index is 4160. The van der Waals surface area contributed by atoms with Crippen LogP contribution in [0.1, 0.15) is 139 Å². The number of rotatable bonds is 7. The van der Waals surface area contributed by atoms with Gasteiger partial charge in [0.25, 0.3) is 0 Å². The molecule has 0 amide bonds. The third kappa shape index (κ3) is 9.86. The molecule has 0 aromatic heterocycles. The monoisotopic (exact) mass is 1130 g/mol. The molecule has 1 aliphatic carbocycles. The molecule has 0 N–H and O–H groups in total. The molecule has 0 bridgehead atoms. The minimum atomic E-state index is -0.0923. The molecule has 0 unspecified atom stereocenters. The van der Waals surface area contributed by atoms with Gasteiger partial charge in [-0.1, -0.05) is 265 Å². The predicted octanol–water partition coefficient (Wildman–Crippen LogP) is 23.7. The van der Waals surface area contributed by atoms with E-state index in [9.17, 15) is 0 Å². The molecule has 0 saturated heterocycles. The number of hydrogen-bond acceptors (Lipinski definition) is 3. The maximum absolute atomic E-state index is 2.65. The van der Waals surface area contributed by atoms with Crippen LogP contribution in [0.15, 0.2) is 243 Å². The molecule has 0 radical (unpaired) electrons. The molecule has 2 aliphatic heterocycles. The van der Waals surface area contributed by atoms with Crippen LogP contribution in [-0.4, -0.2) is 0 Å². The van der Waals surface area contributed by atoms with Gasteiger partial charge in [0.2, 0.25) is 0 Å². The molecule has 0 spiro atoms. The van der Waals surface area contributed by atoms with Gasteiger partial charge in [-0.25, -0.2) is 0 Å². The molecular weight excluding hydrogens is 1050 g/mol. The molecule has 87 heavy (non-hydrogen) atoms. The van der Waals surface area contributed by atoms with E-state index in [4.69, 9.17) is 0 Å². The molecule has 430 valence electrons. The van der Waals surface area contributed by atoms with Crippen molar-refractivity contribution in [1.82, 2.24) is 0 Å². The zero-order valence-corrected chi connectivity index (χ0v) is 52.7. The number of benzene rings is 11. The van der Waals surface area contributed by atoms with E-state index >= 15 is 0 Å². The Morgan fingerprint density at radius 3 is 1.00 bits per heavy atom. The molecule has 11 aromatic rings. The van der Waals surface area contributed by atoms with Gasteiger partial charge >= 0.3 is 0 Å². The lowest BCUT2D eigenvalue weighted by Gasteiger charge is -2.48. The van der Waals surface area contributed by atoms with Gasteiger partial charge in [0.15, 0.2) is 0 Å². The summed E-state index contributed by atoms with van der Waals surface area (Å²) in [7, 11) is 0. The number of hydrogen-bond donors (Lipinski definition) is 0.